The largest absolute Gasteiger partial charge is 0.464 e. The lowest BCUT2D eigenvalue weighted by atomic mass is 10.2. The first kappa shape index (κ1) is 14.5. The second-order valence-electron chi connectivity index (χ2n) is 4.22. The zero-order chi connectivity index (χ0) is 15.6. The number of halogens is 1. The number of methoxy groups -OCH3 is 1. The van der Waals surface area contributed by atoms with Crippen molar-refractivity contribution in [1.82, 2.24) is 9.55 Å². The average molecular weight is 288 g/mol. The molecule has 108 valence electrons. The highest BCUT2D eigenvalue weighted by atomic mass is 19.1. The monoisotopic (exact) mass is 288 g/mol. The molecule has 1 aromatic heterocycles. The van der Waals surface area contributed by atoms with Crippen molar-refractivity contribution in [2.75, 3.05) is 12.8 Å². The van der Waals surface area contributed by atoms with Gasteiger partial charge in [-0.1, -0.05) is 6.92 Å². The normalized spacial score (nSPS) is 10.2. The molecule has 0 bridgehead atoms. The zero-order valence-corrected chi connectivity index (χ0v) is 11.6. The smallest absolute Gasteiger partial charge is 0.360 e. The van der Waals surface area contributed by atoms with Crippen molar-refractivity contribution in [3.05, 3.63) is 41.1 Å². The van der Waals surface area contributed by atoms with Gasteiger partial charge in [0.2, 0.25) is 0 Å². The number of nitrogen functional groups attached to an aromatic ring is 1. The van der Waals surface area contributed by atoms with E-state index < -0.39 is 11.8 Å². The van der Waals surface area contributed by atoms with Gasteiger partial charge in [0, 0.05) is 6.42 Å². The number of nitriles is 1. The van der Waals surface area contributed by atoms with Gasteiger partial charge in [0.1, 0.15) is 17.5 Å². The van der Waals surface area contributed by atoms with Gasteiger partial charge in [0.15, 0.2) is 5.69 Å². The summed E-state index contributed by atoms with van der Waals surface area (Å²) in [6.07, 6.45) is 0.445. The molecule has 21 heavy (non-hydrogen) atoms. The predicted octanol–water partition coefficient (Wildman–Crippen LogP) is 1.81. The molecule has 0 unspecified atom stereocenters. The van der Waals surface area contributed by atoms with Gasteiger partial charge in [-0.05, 0) is 18.2 Å². The van der Waals surface area contributed by atoms with Gasteiger partial charge in [0.25, 0.3) is 0 Å². The minimum absolute atomic E-state index is 0.00214. The molecule has 0 saturated carbocycles. The van der Waals surface area contributed by atoms with Crippen LogP contribution in [0.25, 0.3) is 5.69 Å². The Labute approximate surface area is 120 Å². The van der Waals surface area contributed by atoms with Gasteiger partial charge >= 0.3 is 5.97 Å². The average Bonchev–Trinajstić information content (AvgIpc) is 2.83. The molecule has 0 fully saturated rings. The Morgan fingerprint density at radius 3 is 2.81 bits per heavy atom. The highest BCUT2D eigenvalue weighted by molar-refractivity contribution is 5.92. The summed E-state index contributed by atoms with van der Waals surface area (Å²) in [4.78, 5) is 15.7. The van der Waals surface area contributed by atoms with Gasteiger partial charge in [-0.2, -0.15) is 5.26 Å². The maximum Gasteiger partial charge on any atom is 0.360 e. The molecule has 0 aliphatic carbocycles. The van der Waals surface area contributed by atoms with E-state index >= 15 is 0 Å². The van der Waals surface area contributed by atoms with Crippen molar-refractivity contribution in [3.63, 3.8) is 0 Å². The molecule has 0 radical (unpaired) electrons. The molecule has 2 N–H and O–H groups in total. The fraction of sp³-hybridized carbons (Fsp3) is 0.214. The molecule has 2 rings (SSSR count). The number of carbonyl (C=O) groups excluding carboxylic acids is 1. The molecule has 6 nitrogen and oxygen atoms in total. The summed E-state index contributed by atoms with van der Waals surface area (Å²) < 4.78 is 20.1. The number of rotatable bonds is 3. The summed E-state index contributed by atoms with van der Waals surface area (Å²) in [5.74, 6) is -0.877. The SMILES string of the molecule is CCc1nc(C(=O)OC)c(N)n1-c1ccc(C#N)cc1F. The Morgan fingerprint density at radius 2 is 2.29 bits per heavy atom. The second kappa shape index (κ2) is 5.63. The third-order valence-electron chi connectivity index (χ3n) is 3.00. The number of hydrogen-bond donors (Lipinski definition) is 1. The van der Waals surface area contributed by atoms with Crippen LogP contribution < -0.4 is 5.73 Å². The molecule has 0 saturated heterocycles. The minimum atomic E-state index is -0.685. The first-order valence-corrected chi connectivity index (χ1v) is 6.18. The lowest BCUT2D eigenvalue weighted by molar-refractivity contribution is 0.0595. The lowest BCUT2D eigenvalue weighted by Gasteiger charge is -2.10. The predicted molar refractivity (Wildman–Crippen MR) is 73.4 cm³/mol. The number of esters is 1. The quantitative estimate of drug-likeness (QED) is 0.869. The molecule has 2 aromatic rings. The van der Waals surface area contributed by atoms with Crippen molar-refractivity contribution in [1.29, 1.82) is 5.26 Å². The van der Waals surface area contributed by atoms with Crippen LogP contribution in [0.5, 0.6) is 0 Å². The number of imidazole rings is 1. The molecule has 0 aliphatic heterocycles. The van der Waals surface area contributed by atoms with E-state index in [1.165, 1.54) is 23.8 Å². The van der Waals surface area contributed by atoms with Crippen molar-refractivity contribution in [3.8, 4) is 11.8 Å². The first-order valence-electron chi connectivity index (χ1n) is 6.18. The summed E-state index contributed by atoms with van der Waals surface area (Å²) >= 11 is 0. The lowest BCUT2D eigenvalue weighted by Crippen LogP contribution is -2.09. The first-order chi connectivity index (χ1) is 10.0. The van der Waals surface area contributed by atoms with Crippen LogP contribution in [0, 0.1) is 17.1 Å². The van der Waals surface area contributed by atoms with Gasteiger partial charge in [-0.3, -0.25) is 4.57 Å². The van der Waals surface area contributed by atoms with E-state index in [9.17, 15) is 9.18 Å². The highest BCUT2D eigenvalue weighted by Gasteiger charge is 2.22. The zero-order valence-electron chi connectivity index (χ0n) is 11.6. The number of anilines is 1. The maximum absolute atomic E-state index is 14.1. The summed E-state index contributed by atoms with van der Waals surface area (Å²) in [5.41, 5.74) is 6.16. The Morgan fingerprint density at radius 1 is 1.57 bits per heavy atom. The van der Waals surface area contributed by atoms with E-state index in [1.54, 1.807) is 6.92 Å². The van der Waals surface area contributed by atoms with E-state index in [4.69, 9.17) is 11.0 Å². The number of hydrogen-bond acceptors (Lipinski definition) is 5. The summed E-state index contributed by atoms with van der Waals surface area (Å²) in [7, 11) is 1.22. The topological polar surface area (TPSA) is 93.9 Å². The molecule has 0 spiro atoms. The molecule has 0 atom stereocenters. The second-order valence-corrected chi connectivity index (χ2v) is 4.22. The van der Waals surface area contributed by atoms with Crippen LogP contribution in [0.15, 0.2) is 18.2 Å². The molecule has 1 heterocycles. The number of aromatic nitrogens is 2. The number of aryl methyl sites for hydroxylation is 1. The third kappa shape index (κ3) is 2.43. The Bertz CT molecular complexity index is 746. The van der Waals surface area contributed by atoms with Gasteiger partial charge < -0.3 is 10.5 Å². The van der Waals surface area contributed by atoms with Crippen LogP contribution in [-0.2, 0) is 11.2 Å². The number of benzene rings is 1. The molecule has 1 aromatic carbocycles. The summed E-state index contributed by atoms with van der Waals surface area (Å²) in [6, 6.07) is 5.85. The van der Waals surface area contributed by atoms with E-state index in [0.29, 0.717) is 12.2 Å². The minimum Gasteiger partial charge on any atom is -0.464 e. The van der Waals surface area contributed by atoms with E-state index in [1.807, 2.05) is 6.07 Å². The molecular weight excluding hydrogens is 275 g/mol. The Hall–Kier alpha value is -2.88. The van der Waals surface area contributed by atoms with Crippen molar-refractivity contribution < 1.29 is 13.9 Å². The van der Waals surface area contributed by atoms with Crippen LogP contribution in [0.2, 0.25) is 0 Å². The number of carbonyl (C=O) groups is 1. The Kier molecular flexibility index (Phi) is 3.89. The highest BCUT2D eigenvalue weighted by Crippen LogP contribution is 2.24. The molecule has 0 amide bonds. The van der Waals surface area contributed by atoms with E-state index in [0.717, 1.165) is 6.07 Å². The van der Waals surface area contributed by atoms with Crippen molar-refractivity contribution in [2.45, 2.75) is 13.3 Å². The van der Waals surface area contributed by atoms with Crippen LogP contribution in [-0.4, -0.2) is 22.6 Å². The van der Waals surface area contributed by atoms with Gasteiger partial charge in [0.05, 0.1) is 24.4 Å². The number of nitrogens with zero attached hydrogens (tertiary/aromatic N) is 3. The molecule has 7 heteroatoms. The standard InChI is InChI=1S/C14H13FN4O2/c1-3-11-18-12(14(20)21-2)13(17)19(11)10-5-4-8(7-16)6-9(10)15/h4-6H,3,17H2,1-2H3. The van der Waals surface area contributed by atoms with Gasteiger partial charge in [-0.25, -0.2) is 14.2 Å². The van der Waals surface area contributed by atoms with Crippen LogP contribution in [0.1, 0.15) is 28.8 Å². The molecular formula is C14H13FN4O2. The Balaban J connectivity index is 2.66. The van der Waals surface area contributed by atoms with E-state index in [-0.39, 0.29) is 22.8 Å². The van der Waals surface area contributed by atoms with Crippen LogP contribution in [0.4, 0.5) is 10.2 Å². The van der Waals surface area contributed by atoms with Crippen LogP contribution >= 0.6 is 0 Å². The summed E-state index contributed by atoms with van der Waals surface area (Å²) in [6.45, 7) is 1.81. The van der Waals surface area contributed by atoms with Gasteiger partial charge in [-0.15, -0.1) is 0 Å². The fourth-order valence-corrected chi connectivity index (χ4v) is 1.99. The van der Waals surface area contributed by atoms with E-state index in [2.05, 4.69) is 9.72 Å². The number of nitrogens with two attached hydrogens (primary N) is 1. The van der Waals surface area contributed by atoms with Crippen LogP contribution in [0.3, 0.4) is 0 Å². The number of ether oxygens (including phenoxy) is 1. The molecule has 0 aliphatic rings. The van der Waals surface area contributed by atoms with Crippen molar-refractivity contribution >= 4 is 11.8 Å². The third-order valence-corrected chi connectivity index (χ3v) is 3.00. The maximum atomic E-state index is 14.1. The summed E-state index contributed by atoms with van der Waals surface area (Å²) in [5, 5.41) is 8.77. The fourth-order valence-electron chi connectivity index (χ4n) is 1.99. The van der Waals surface area contributed by atoms with Crippen molar-refractivity contribution in [2.24, 2.45) is 0 Å².